The Hall–Kier alpha value is -6.10. The fourth-order valence-corrected chi connectivity index (χ4v) is 15.9. The molecule has 7 unspecified atom stereocenters. The number of carbonyl (C=O) groups excluding carboxylic acids is 2. The van der Waals surface area contributed by atoms with E-state index in [1.165, 1.54) is 19.3 Å². The van der Waals surface area contributed by atoms with Gasteiger partial charge in [0.1, 0.15) is 23.9 Å². The van der Waals surface area contributed by atoms with Crippen LogP contribution in [0, 0.1) is 17.8 Å². The van der Waals surface area contributed by atoms with E-state index in [9.17, 15) is 30.0 Å². The number of aromatic hydroxyl groups is 1. The lowest BCUT2D eigenvalue weighted by Crippen LogP contribution is -2.64. The average molecular weight is 1070 g/mol. The predicted octanol–water partition coefficient (Wildman–Crippen LogP) is 9.04. The van der Waals surface area contributed by atoms with Crippen molar-refractivity contribution in [3.63, 3.8) is 0 Å². The van der Waals surface area contributed by atoms with Crippen molar-refractivity contribution in [3.8, 4) is 45.6 Å². The van der Waals surface area contributed by atoms with Gasteiger partial charge in [-0.25, -0.2) is 0 Å². The lowest BCUT2D eigenvalue weighted by Gasteiger charge is -2.60. The van der Waals surface area contributed by atoms with E-state index in [0.29, 0.717) is 59.9 Å². The molecule has 78 heavy (non-hydrogen) atoms. The number of aliphatic hydroxyl groups is 3. The molecule has 0 bridgehead atoms. The van der Waals surface area contributed by atoms with Gasteiger partial charge in [-0.2, -0.15) is 0 Å². The highest BCUT2D eigenvalue weighted by Gasteiger charge is 2.60. The molecule has 7 atom stereocenters. The Morgan fingerprint density at radius 2 is 1.58 bits per heavy atom. The van der Waals surface area contributed by atoms with Crippen molar-refractivity contribution in [1.82, 2.24) is 15.5 Å². The van der Waals surface area contributed by atoms with Crippen molar-refractivity contribution < 1.29 is 53.7 Å². The lowest BCUT2D eigenvalue weighted by atomic mass is 9.47. The molecule has 0 aromatic heterocycles. The molecule has 3 fully saturated rings. The van der Waals surface area contributed by atoms with Gasteiger partial charge in [0, 0.05) is 88.9 Å². The summed E-state index contributed by atoms with van der Waals surface area (Å²) in [7, 11) is 3.38. The van der Waals surface area contributed by atoms with Crippen molar-refractivity contribution >= 4 is 23.6 Å². The van der Waals surface area contributed by atoms with E-state index in [1.54, 1.807) is 17.0 Å². The highest BCUT2D eigenvalue weighted by atomic mass is 16.5. The van der Waals surface area contributed by atoms with Crippen molar-refractivity contribution in [2.45, 2.75) is 138 Å². The number of fused-ring (bicyclic) bond motifs is 5. The van der Waals surface area contributed by atoms with Gasteiger partial charge in [-0.05, 0) is 111 Å². The van der Waals surface area contributed by atoms with Gasteiger partial charge in [0.05, 0.1) is 44.1 Å². The number of ether oxygens (including phenoxy) is 5. The molecule has 3 saturated carbocycles. The highest BCUT2D eigenvalue weighted by molar-refractivity contribution is 6.13. The Labute approximate surface area is 457 Å². The van der Waals surface area contributed by atoms with Gasteiger partial charge < -0.3 is 54.7 Å². The van der Waals surface area contributed by atoms with Crippen LogP contribution in [-0.4, -0.2) is 102 Å². The van der Waals surface area contributed by atoms with Crippen LogP contribution in [-0.2, 0) is 27.8 Å². The number of hydrogen-bond donors (Lipinski definition) is 7. The second kappa shape index (κ2) is 21.2. The first-order valence-electron chi connectivity index (χ1n) is 28.8. The standard InChI is InChI=1S/C63H76N4O11/c1-4-65-62(25-11-6-12-26-62)78-49-33-47(75-29-28-64-2)40-18-19-41-54-46(66-60(73)57(49)56(40)54)32-48-55(41)58(71)42(36-77-48)38-30-50(74-3)59(72)51(31-38)76-35-39(34-68)63-27-13-16-44(45(63)20-17-37-14-7-8-15-43(37)63)61(23-9-5-10-24-61)67-52(69)21-22-53(67)70/h7-8,14-15,17,20-22,30-33,39,42,44-45,58,60,64-66,68,71-73H,4-6,9-13,16,18-19,23-29,34-36H2,1-3H3. The first-order chi connectivity index (χ1) is 38.0. The summed E-state index contributed by atoms with van der Waals surface area (Å²) < 4.78 is 32.9. The van der Waals surface area contributed by atoms with E-state index in [0.717, 1.165) is 129 Å². The molecule has 15 heteroatoms. The maximum Gasteiger partial charge on any atom is 0.254 e. The number of aliphatic hydroxyl groups excluding tert-OH is 3. The molecule has 0 spiro atoms. The zero-order chi connectivity index (χ0) is 53.9. The first kappa shape index (κ1) is 52.6. The molecular weight excluding hydrogens is 989 g/mol. The summed E-state index contributed by atoms with van der Waals surface area (Å²) in [6.45, 7) is 3.83. The summed E-state index contributed by atoms with van der Waals surface area (Å²) in [5.74, 6) is 0.162. The summed E-state index contributed by atoms with van der Waals surface area (Å²) in [5, 5.41) is 58.8. The second-order valence-electron chi connectivity index (χ2n) is 23.2. The molecular formula is C63H76N4O11. The summed E-state index contributed by atoms with van der Waals surface area (Å²) in [6.07, 6.45) is 18.0. The molecule has 0 radical (unpaired) electrons. The van der Waals surface area contributed by atoms with E-state index in [-0.39, 0.29) is 60.7 Å². The Balaban J connectivity index is 0.888. The number of likely N-dealkylation sites (N-methyl/N-ethyl adjacent to an activating group) is 1. The fraction of sp³-hybridized carbons (Fsp3) is 0.524. The molecule has 4 aromatic carbocycles. The molecule has 15 nitrogen and oxygen atoms in total. The van der Waals surface area contributed by atoms with Crippen LogP contribution in [0.5, 0.6) is 34.5 Å². The second-order valence-corrected chi connectivity index (χ2v) is 23.2. The van der Waals surface area contributed by atoms with Crippen LogP contribution < -0.4 is 39.6 Å². The Morgan fingerprint density at radius 1 is 0.833 bits per heavy atom. The maximum atomic E-state index is 13.7. The van der Waals surface area contributed by atoms with E-state index in [1.807, 2.05) is 31.3 Å². The number of nitrogens with one attached hydrogen (secondary N) is 3. The zero-order valence-electron chi connectivity index (χ0n) is 45.3. The van der Waals surface area contributed by atoms with Crippen LogP contribution in [0.2, 0.25) is 0 Å². The van der Waals surface area contributed by atoms with Gasteiger partial charge >= 0.3 is 0 Å². The quantitative estimate of drug-likeness (QED) is 0.0300. The smallest absolute Gasteiger partial charge is 0.254 e. The van der Waals surface area contributed by atoms with Crippen LogP contribution in [0.1, 0.15) is 148 Å². The average Bonchev–Trinajstić information content (AvgIpc) is 3.90. The van der Waals surface area contributed by atoms with E-state index in [4.69, 9.17) is 23.7 Å². The topological polar surface area (TPSA) is 201 Å². The largest absolute Gasteiger partial charge is 0.502 e. The Bertz CT molecular complexity index is 3010. The molecule has 3 heterocycles. The number of nitrogens with zero attached hydrogens (tertiary/aromatic N) is 1. The van der Waals surface area contributed by atoms with Crippen LogP contribution >= 0.6 is 0 Å². The number of phenols is 1. The van der Waals surface area contributed by atoms with Crippen LogP contribution in [0.3, 0.4) is 0 Å². The van der Waals surface area contributed by atoms with Crippen LogP contribution in [0.15, 0.2) is 66.8 Å². The number of imide groups is 1. The molecule has 2 amide bonds. The number of hydrogen-bond acceptors (Lipinski definition) is 14. The van der Waals surface area contributed by atoms with E-state index < -0.39 is 40.8 Å². The van der Waals surface area contributed by atoms with Gasteiger partial charge in [-0.3, -0.25) is 19.8 Å². The number of methoxy groups -OCH3 is 1. The molecule has 7 N–H and O–H groups in total. The first-order valence-corrected chi connectivity index (χ1v) is 28.8. The summed E-state index contributed by atoms with van der Waals surface area (Å²) >= 11 is 0. The predicted molar refractivity (Wildman–Crippen MR) is 296 cm³/mol. The number of allylic oxidation sites excluding steroid dienone is 1. The number of carbonyl (C=O) groups is 2. The minimum atomic E-state index is -1.08. The summed E-state index contributed by atoms with van der Waals surface area (Å²) in [6, 6.07) is 15.7. The molecule has 5 aliphatic carbocycles. The number of benzene rings is 4. The fourth-order valence-electron chi connectivity index (χ4n) is 15.9. The zero-order valence-corrected chi connectivity index (χ0v) is 45.3. The van der Waals surface area contributed by atoms with Crippen molar-refractivity contribution in [3.05, 3.63) is 106 Å². The molecule has 3 aliphatic heterocycles. The van der Waals surface area contributed by atoms with Gasteiger partial charge in [0.25, 0.3) is 11.8 Å². The highest BCUT2D eigenvalue weighted by Crippen LogP contribution is 2.62. The number of anilines is 1. The molecule has 12 rings (SSSR count). The van der Waals surface area contributed by atoms with E-state index >= 15 is 0 Å². The molecule has 0 saturated heterocycles. The van der Waals surface area contributed by atoms with Gasteiger partial charge in [0.2, 0.25) is 5.75 Å². The van der Waals surface area contributed by atoms with Crippen molar-refractivity contribution in [1.29, 1.82) is 0 Å². The molecule has 4 aromatic rings. The Morgan fingerprint density at radius 3 is 2.32 bits per heavy atom. The number of phenolic OH excluding ortho intramolecular Hbond substituents is 1. The number of amides is 2. The van der Waals surface area contributed by atoms with Crippen molar-refractivity contribution in [2.75, 3.05) is 59.0 Å². The normalized spacial score (nSPS) is 26.4. The van der Waals surface area contributed by atoms with Crippen molar-refractivity contribution in [2.24, 2.45) is 17.8 Å². The third kappa shape index (κ3) is 8.56. The number of rotatable bonds is 17. The Kier molecular flexibility index (Phi) is 14.3. The van der Waals surface area contributed by atoms with Gasteiger partial charge in [-0.1, -0.05) is 75.4 Å². The maximum absolute atomic E-state index is 13.7. The SMILES string of the molecule is CCNC1(Oc2cc(OCCNC)c3c4c2C(O)Nc2cc5c(c(c2-4)CC3)C(O)C(c2cc(OC)c(O)c(OCC(CO)C34CCCC(C6(N7C(=O)C=CC7=O)CCCCC6)C3C=Cc3ccccc34)c2)CO5)CCCCC1. The third-order valence-corrected chi connectivity index (χ3v) is 19.3. The van der Waals surface area contributed by atoms with E-state index in [2.05, 4.69) is 47.2 Å². The van der Waals surface area contributed by atoms with Gasteiger partial charge in [0.15, 0.2) is 23.5 Å². The minimum Gasteiger partial charge on any atom is -0.502 e. The molecule has 414 valence electrons. The summed E-state index contributed by atoms with van der Waals surface area (Å²) in [4.78, 5) is 28.9. The van der Waals surface area contributed by atoms with Gasteiger partial charge in [-0.15, -0.1) is 0 Å². The third-order valence-electron chi connectivity index (χ3n) is 19.3. The van der Waals surface area contributed by atoms with Crippen LogP contribution in [0.4, 0.5) is 5.69 Å². The van der Waals surface area contributed by atoms with Crippen LogP contribution in [0.25, 0.3) is 17.2 Å². The monoisotopic (exact) mass is 1060 g/mol. The molecule has 8 aliphatic rings. The summed E-state index contributed by atoms with van der Waals surface area (Å²) in [5.41, 5.74) is 6.60. The lowest BCUT2D eigenvalue weighted by molar-refractivity contribution is -0.153. The minimum absolute atomic E-state index is 0.0314.